The lowest BCUT2D eigenvalue weighted by molar-refractivity contribution is -0.126. The third-order valence-corrected chi connectivity index (χ3v) is 4.59. The number of rotatable bonds is 12. The molecule has 0 heterocycles. The zero-order valence-electron chi connectivity index (χ0n) is 17.7. The van der Waals surface area contributed by atoms with E-state index in [1.54, 1.807) is 7.05 Å². The number of carbonyl (C=O) groups excluding carboxylic acids is 1. The molecule has 1 rings (SSSR count). The Hall–Kier alpha value is -1.34. The minimum absolute atomic E-state index is 0.0906. The molecule has 1 fully saturated rings. The van der Waals surface area contributed by atoms with Crippen molar-refractivity contribution in [2.75, 3.05) is 40.0 Å². The second kappa shape index (κ2) is 14.7. The molecule has 7 heteroatoms. The highest BCUT2D eigenvalue weighted by Crippen LogP contribution is 2.24. The fourth-order valence-corrected chi connectivity index (χ4v) is 3.16. The number of aliphatic imine (C=N–C) groups is 1. The molecule has 0 aliphatic heterocycles. The van der Waals surface area contributed by atoms with Gasteiger partial charge in [-0.2, -0.15) is 0 Å². The molecule has 0 aromatic carbocycles. The molecule has 0 saturated heterocycles. The van der Waals surface area contributed by atoms with Gasteiger partial charge in [-0.15, -0.1) is 0 Å². The van der Waals surface area contributed by atoms with Crippen LogP contribution in [0.2, 0.25) is 0 Å². The van der Waals surface area contributed by atoms with E-state index in [4.69, 9.17) is 9.47 Å². The summed E-state index contributed by atoms with van der Waals surface area (Å²) in [6.45, 7) is 9.54. The Balaban J connectivity index is 2.18. The van der Waals surface area contributed by atoms with Gasteiger partial charge in [0.25, 0.3) is 0 Å². The van der Waals surface area contributed by atoms with Gasteiger partial charge in [0.15, 0.2) is 5.96 Å². The number of carbonyl (C=O) groups is 1. The number of amides is 1. The van der Waals surface area contributed by atoms with E-state index in [-0.39, 0.29) is 23.9 Å². The van der Waals surface area contributed by atoms with Gasteiger partial charge in [0.2, 0.25) is 5.91 Å². The molecule has 3 N–H and O–H groups in total. The molecule has 2 unspecified atom stereocenters. The number of ether oxygens (including phenoxy) is 2. The molecular formula is C20H40N4O3. The second-order valence-electron chi connectivity index (χ2n) is 7.45. The van der Waals surface area contributed by atoms with Crippen LogP contribution in [0.15, 0.2) is 4.99 Å². The van der Waals surface area contributed by atoms with Crippen LogP contribution in [0.5, 0.6) is 0 Å². The van der Waals surface area contributed by atoms with E-state index >= 15 is 0 Å². The van der Waals surface area contributed by atoms with Crippen LogP contribution in [0.25, 0.3) is 0 Å². The van der Waals surface area contributed by atoms with E-state index in [1.807, 2.05) is 13.8 Å². The molecule has 27 heavy (non-hydrogen) atoms. The number of hydrogen-bond donors (Lipinski definition) is 3. The van der Waals surface area contributed by atoms with Crippen molar-refractivity contribution in [2.45, 2.75) is 71.4 Å². The maximum atomic E-state index is 12.3. The molecule has 1 aliphatic rings. The highest BCUT2D eigenvalue weighted by atomic mass is 16.5. The van der Waals surface area contributed by atoms with E-state index in [0.717, 1.165) is 51.1 Å². The molecule has 1 aliphatic carbocycles. The molecule has 0 aromatic heterocycles. The molecule has 2 atom stereocenters. The van der Waals surface area contributed by atoms with Crippen molar-refractivity contribution in [3.05, 3.63) is 0 Å². The first-order valence-corrected chi connectivity index (χ1v) is 10.5. The summed E-state index contributed by atoms with van der Waals surface area (Å²) in [4.78, 5) is 16.5. The Morgan fingerprint density at radius 3 is 2.56 bits per heavy atom. The van der Waals surface area contributed by atoms with Crippen molar-refractivity contribution in [3.8, 4) is 0 Å². The zero-order valence-corrected chi connectivity index (χ0v) is 17.7. The standard InChI is InChI=1S/C20H40N4O3/c1-5-6-11-26-13-14-27-12-10-22-20(21-4)24-18-9-7-8-17(15-18)19(25)23-16(2)3/h16-18H,5-15H2,1-4H3,(H,23,25)(H2,21,22,24). The van der Waals surface area contributed by atoms with Crippen LogP contribution in [0.1, 0.15) is 59.3 Å². The lowest BCUT2D eigenvalue weighted by Gasteiger charge is -2.30. The fourth-order valence-electron chi connectivity index (χ4n) is 3.16. The lowest BCUT2D eigenvalue weighted by atomic mass is 9.85. The average molecular weight is 385 g/mol. The van der Waals surface area contributed by atoms with Crippen LogP contribution in [0.3, 0.4) is 0 Å². The number of guanidine groups is 1. The molecule has 7 nitrogen and oxygen atoms in total. The maximum Gasteiger partial charge on any atom is 0.223 e. The number of unbranched alkanes of at least 4 members (excludes halogenated alkanes) is 1. The molecule has 0 aromatic rings. The average Bonchev–Trinajstić information content (AvgIpc) is 2.65. The van der Waals surface area contributed by atoms with Gasteiger partial charge < -0.3 is 25.4 Å². The number of nitrogens with zero attached hydrogens (tertiary/aromatic N) is 1. The van der Waals surface area contributed by atoms with Gasteiger partial charge in [0.05, 0.1) is 19.8 Å². The fraction of sp³-hybridized carbons (Fsp3) is 0.900. The topological polar surface area (TPSA) is 84.0 Å². The molecular weight excluding hydrogens is 344 g/mol. The summed E-state index contributed by atoms with van der Waals surface area (Å²) in [5.41, 5.74) is 0. The molecule has 1 amide bonds. The second-order valence-corrected chi connectivity index (χ2v) is 7.45. The van der Waals surface area contributed by atoms with Gasteiger partial charge in [-0.25, -0.2) is 0 Å². The first-order chi connectivity index (χ1) is 13.1. The largest absolute Gasteiger partial charge is 0.379 e. The van der Waals surface area contributed by atoms with Gasteiger partial charge in [0, 0.05) is 38.2 Å². The predicted octanol–water partition coefficient (Wildman–Crippen LogP) is 2.07. The molecule has 0 radical (unpaired) electrons. The van der Waals surface area contributed by atoms with E-state index in [2.05, 4.69) is 27.9 Å². The molecule has 158 valence electrons. The SMILES string of the molecule is CCCCOCCOCCNC(=NC)NC1CCCC(C(=O)NC(C)C)C1. The summed E-state index contributed by atoms with van der Waals surface area (Å²) < 4.78 is 11.0. The highest BCUT2D eigenvalue weighted by molar-refractivity contribution is 5.81. The first kappa shape index (κ1) is 23.7. The van der Waals surface area contributed by atoms with Crippen LogP contribution >= 0.6 is 0 Å². The summed E-state index contributed by atoms with van der Waals surface area (Å²) in [7, 11) is 1.77. The van der Waals surface area contributed by atoms with Crippen molar-refractivity contribution in [2.24, 2.45) is 10.9 Å². The Labute approximate surface area is 165 Å². The van der Waals surface area contributed by atoms with E-state index in [9.17, 15) is 4.79 Å². The summed E-state index contributed by atoms with van der Waals surface area (Å²) >= 11 is 0. The van der Waals surface area contributed by atoms with Crippen LogP contribution in [-0.4, -0.2) is 64.0 Å². The van der Waals surface area contributed by atoms with Crippen LogP contribution < -0.4 is 16.0 Å². The molecule has 0 bridgehead atoms. The van der Waals surface area contributed by atoms with Gasteiger partial charge in [-0.05, 0) is 39.5 Å². The third-order valence-electron chi connectivity index (χ3n) is 4.59. The summed E-state index contributed by atoms with van der Waals surface area (Å²) in [5.74, 6) is 1.04. The lowest BCUT2D eigenvalue weighted by Crippen LogP contribution is -2.48. The van der Waals surface area contributed by atoms with E-state index in [1.165, 1.54) is 0 Å². The van der Waals surface area contributed by atoms with Crippen LogP contribution in [-0.2, 0) is 14.3 Å². The first-order valence-electron chi connectivity index (χ1n) is 10.5. The smallest absolute Gasteiger partial charge is 0.223 e. The summed E-state index contributed by atoms with van der Waals surface area (Å²) in [5, 5.41) is 9.76. The minimum Gasteiger partial charge on any atom is -0.379 e. The van der Waals surface area contributed by atoms with Gasteiger partial charge in [-0.1, -0.05) is 19.8 Å². The number of hydrogen-bond acceptors (Lipinski definition) is 4. The van der Waals surface area contributed by atoms with E-state index < -0.39 is 0 Å². The van der Waals surface area contributed by atoms with Gasteiger partial charge >= 0.3 is 0 Å². The Kier molecular flexibility index (Phi) is 12.9. The van der Waals surface area contributed by atoms with Crippen molar-refractivity contribution >= 4 is 11.9 Å². The van der Waals surface area contributed by atoms with Crippen molar-refractivity contribution in [1.82, 2.24) is 16.0 Å². The Morgan fingerprint density at radius 1 is 1.15 bits per heavy atom. The Morgan fingerprint density at radius 2 is 1.89 bits per heavy atom. The quantitative estimate of drug-likeness (QED) is 0.273. The van der Waals surface area contributed by atoms with Crippen molar-refractivity contribution in [1.29, 1.82) is 0 Å². The van der Waals surface area contributed by atoms with Crippen LogP contribution in [0, 0.1) is 5.92 Å². The summed E-state index contributed by atoms with van der Waals surface area (Å²) in [6, 6.07) is 0.470. The Bertz CT molecular complexity index is 429. The summed E-state index contributed by atoms with van der Waals surface area (Å²) in [6.07, 6.45) is 6.21. The highest BCUT2D eigenvalue weighted by Gasteiger charge is 2.27. The third kappa shape index (κ3) is 11.2. The predicted molar refractivity (Wildman–Crippen MR) is 110 cm³/mol. The van der Waals surface area contributed by atoms with Crippen LogP contribution in [0.4, 0.5) is 0 Å². The van der Waals surface area contributed by atoms with Gasteiger partial charge in [0.1, 0.15) is 0 Å². The van der Waals surface area contributed by atoms with Crippen molar-refractivity contribution in [3.63, 3.8) is 0 Å². The van der Waals surface area contributed by atoms with E-state index in [0.29, 0.717) is 26.4 Å². The molecule has 0 spiro atoms. The zero-order chi connectivity index (χ0) is 19.9. The van der Waals surface area contributed by atoms with Crippen molar-refractivity contribution < 1.29 is 14.3 Å². The van der Waals surface area contributed by atoms with Gasteiger partial charge in [-0.3, -0.25) is 9.79 Å². The minimum atomic E-state index is 0.0906. The maximum absolute atomic E-state index is 12.3. The normalized spacial score (nSPS) is 20.6. The number of nitrogens with one attached hydrogen (secondary N) is 3. The monoisotopic (exact) mass is 384 g/mol. The molecule has 1 saturated carbocycles.